The van der Waals surface area contributed by atoms with Gasteiger partial charge >= 0.3 is 0 Å². The molecule has 0 aromatic heterocycles. The quantitative estimate of drug-likeness (QED) is 0.415. The zero-order valence-electron chi connectivity index (χ0n) is 22.4. The number of hydrogen-bond acceptors (Lipinski definition) is 3. The van der Waals surface area contributed by atoms with Crippen LogP contribution in [0.15, 0.2) is 11.6 Å². The average molecular weight is 459 g/mol. The minimum Gasteiger partial charge on any atom is -0.396 e. The van der Waals surface area contributed by atoms with Gasteiger partial charge < -0.3 is 15.3 Å². The van der Waals surface area contributed by atoms with E-state index in [9.17, 15) is 15.3 Å². The van der Waals surface area contributed by atoms with E-state index < -0.39 is 6.10 Å². The van der Waals surface area contributed by atoms with E-state index in [1.165, 1.54) is 12.0 Å². The van der Waals surface area contributed by atoms with Crippen LogP contribution in [-0.4, -0.2) is 34.1 Å². The van der Waals surface area contributed by atoms with Gasteiger partial charge in [-0.05, 0) is 108 Å². The van der Waals surface area contributed by atoms with Crippen molar-refractivity contribution >= 4 is 0 Å². The summed E-state index contributed by atoms with van der Waals surface area (Å²) >= 11 is 0. The molecule has 33 heavy (non-hydrogen) atoms. The number of allylic oxidation sites excluding steroid dienone is 1. The molecule has 9 atom stereocenters. The molecule has 0 aliphatic heterocycles. The maximum Gasteiger partial charge on any atom is 0.0760 e. The molecule has 2 unspecified atom stereocenters. The van der Waals surface area contributed by atoms with E-state index in [-0.39, 0.29) is 51.1 Å². The van der Waals surface area contributed by atoms with Crippen LogP contribution in [0.4, 0.5) is 0 Å². The molecule has 0 aromatic rings. The summed E-state index contributed by atoms with van der Waals surface area (Å²) in [5.74, 6) is 1.05. The second kappa shape index (κ2) is 7.10. The molecule has 0 heterocycles. The van der Waals surface area contributed by atoms with Crippen LogP contribution in [0.25, 0.3) is 0 Å². The van der Waals surface area contributed by atoms with Gasteiger partial charge in [0, 0.05) is 6.61 Å². The molecular weight excluding hydrogens is 408 g/mol. The summed E-state index contributed by atoms with van der Waals surface area (Å²) in [6.07, 6.45) is 11.4. The number of hydrogen-bond donors (Lipinski definition) is 3. The zero-order chi connectivity index (χ0) is 24.2. The van der Waals surface area contributed by atoms with Crippen molar-refractivity contribution in [3.8, 4) is 0 Å². The van der Waals surface area contributed by atoms with Crippen molar-refractivity contribution in [1.82, 2.24) is 0 Å². The molecule has 0 spiro atoms. The Morgan fingerprint density at radius 2 is 1.52 bits per heavy atom. The Hall–Kier alpha value is -0.380. The minimum absolute atomic E-state index is 0.0135. The third-order valence-corrected chi connectivity index (χ3v) is 13.1. The first-order valence-corrected chi connectivity index (χ1v) is 13.9. The third kappa shape index (κ3) is 2.97. The van der Waals surface area contributed by atoms with Crippen LogP contribution in [0.1, 0.15) is 106 Å². The van der Waals surface area contributed by atoms with Crippen LogP contribution in [0.2, 0.25) is 0 Å². The highest BCUT2D eigenvalue weighted by molar-refractivity contribution is 5.37. The first kappa shape index (κ1) is 24.3. The molecule has 5 aliphatic rings. The van der Waals surface area contributed by atoms with Crippen molar-refractivity contribution < 1.29 is 15.3 Å². The highest BCUT2D eigenvalue weighted by Crippen LogP contribution is 2.75. The normalized spacial score (nSPS) is 54.8. The summed E-state index contributed by atoms with van der Waals surface area (Å²) in [5, 5.41) is 33.5. The van der Waals surface area contributed by atoms with Gasteiger partial charge in [-0.1, -0.05) is 60.1 Å². The van der Waals surface area contributed by atoms with Gasteiger partial charge in [-0.3, -0.25) is 0 Å². The lowest BCUT2D eigenvalue weighted by molar-refractivity contribution is -0.203. The molecule has 4 fully saturated rings. The minimum atomic E-state index is -0.436. The highest BCUT2D eigenvalue weighted by atomic mass is 16.3. The SMILES string of the molecule is CC1(C)CC[C@]2(CO)CC[C@]3(C)C(C2C1)[C@H](O)C=C1[C@@]2(C)CC[C@H](O)C(C)(C)[C@@H]2CC[C@]13C. The van der Waals surface area contributed by atoms with E-state index in [4.69, 9.17) is 0 Å². The Kier molecular flexibility index (Phi) is 5.23. The van der Waals surface area contributed by atoms with Crippen LogP contribution >= 0.6 is 0 Å². The number of rotatable bonds is 1. The van der Waals surface area contributed by atoms with Gasteiger partial charge in [-0.15, -0.1) is 0 Å². The van der Waals surface area contributed by atoms with E-state index in [2.05, 4.69) is 54.5 Å². The molecule has 0 aromatic carbocycles. The van der Waals surface area contributed by atoms with E-state index in [1.54, 1.807) is 0 Å². The summed E-state index contributed by atoms with van der Waals surface area (Å²) in [4.78, 5) is 0. The van der Waals surface area contributed by atoms with Crippen LogP contribution in [-0.2, 0) is 0 Å². The number of fused-ring (bicyclic) bond motifs is 7. The van der Waals surface area contributed by atoms with E-state index in [0.29, 0.717) is 11.8 Å². The molecule has 3 nitrogen and oxygen atoms in total. The maximum atomic E-state index is 11.9. The Morgan fingerprint density at radius 3 is 2.18 bits per heavy atom. The van der Waals surface area contributed by atoms with Crippen LogP contribution in [0, 0.1) is 50.2 Å². The summed E-state index contributed by atoms with van der Waals surface area (Å²) in [6, 6.07) is 0. The molecular formula is C30H50O3. The van der Waals surface area contributed by atoms with Gasteiger partial charge in [0.2, 0.25) is 0 Å². The Balaban J connectivity index is 1.63. The Morgan fingerprint density at radius 1 is 0.848 bits per heavy atom. The van der Waals surface area contributed by atoms with Gasteiger partial charge in [0.25, 0.3) is 0 Å². The fraction of sp³-hybridized carbons (Fsp3) is 0.933. The summed E-state index contributed by atoms with van der Waals surface area (Å²) in [6.45, 7) is 17.1. The van der Waals surface area contributed by atoms with Gasteiger partial charge in [-0.2, -0.15) is 0 Å². The van der Waals surface area contributed by atoms with Gasteiger partial charge in [0.1, 0.15) is 0 Å². The van der Waals surface area contributed by atoms with Crippen molar-refractivity contribution in [3.05, 3.63) is 11.6 Å². The van der Waals surface area contributed by atoms with Gasteiger partial charge in [-0.25, -0.2) is 0 Å². The maximum absolute atomic E-state index is 11.9. The molecule has 5 aliphatic carbocycles. The molecule has 3 N–H and O–H groups in total. The van der Waals surface area contributed by atoms with Gasteiger partial charge in [0.05, 0.1) is 12.2 Å². The van der Waals surface area contributed by atoms with Crippen molar-refractivity contribution in [2.45, 2.75) is 118 Å². The zero-order valence-corrected chi connectivity index (χ0v) is 22.4. The molecule has 5 rings (SSSR count). The van der Waals surface area contributed by atoms with Crippen LogP contribution in [0.5, 0.6) is 0 Å². The smallest absolute Gasteiger partial charge is 0.0760 e. The van der Waals surface area contributed by atoms with Crippen LogP contribution < -0.4 is 0 Å². The van der Waals surface area contributed by atoms with Crippen LogP contribution in [0.3, 0.4) is 0 Å². The lowest BCUT2D eigenvalue weighted by atomic mass is 9.33. The standard InChI is InChI=1S/C30H50O3/c1-25(2)12-14-30(18-31)15-13-29(7)24(19(30)17-25)20(32)16-22-27(5)10-9-23(33)26(3,4)21(27)8-11-28(22,29)6/h16,19-21,23-24,31-33H,8-15,17-18H2,1-7H3/t19?,20-,21+,23+,24?,27+,28-,29-,30-/m1/s1. The van der Waals surface area contributed by atoms with Crippen molar-refractivity contribution in [1.29, 1.82) is 0 Å². The summed E-state index contributed by atoms with van der Waals surface area (Å²) in [7, 11) is 0. The Labute approximate surface area is 202 Å². The molecule has 0 radical (unpaired) electrons. The second-order valence-electron chi connectivity index (χ2n) is 15.2. The predicted molar refractivity (Wildman–Crippen MR) is 134 cm³/mol. The van der Waals surface area contributed by atoms with Crippen molar-refractivity contribution in [2.24, 2.45) is 50.2 Å². The monoisotopic (exact) mass is 458 g/mol. The molecule has 0 bridgehead atoms. The summed E-state index contributed by atoms with van der Waals surface area (Å²) < 4.78 is 0. The molecule has 4 saturated carbocycles. The van der Waals surface area contributed by atoms with E-state index in [1.807, 2.05) is 0 Å². The van der Waals surface area contributed by atoms with E-state index in [0.717, 1.165) is 51.4 Å². The molecule has 0 amide bonds. The predicted octanol–water partition coefficient (Wildman–Crippen LogP) is 6.11. The summed E-state index contributed by atoms with van der Waals surface area (Å²) in [5.41, 5.74) is 1.83. The Bertz CT molecular complexity index is 843. The fourth-order valence-electron chi connectivity index (χ4n) is 10.6. The third-order valence-electron chi connectivity index (χ3n) is 13.1. The first-order chi connectivity index (χ1) is 15.2. The molecule has 3 heteroatoms. The largest absolute Gasteiger partial charge is 0.396 e. The van der Waals surface area contributed by atoms with Crippen molar-refractivity contribution in [3.63, 3.8) is 0 Å². The average Bonchev–Trinajstić information content (AvgIpc) is 2.72. The molecule has 0 saturated heterocycles. The number of aliphatic hydroxyl groups excluding tert-OH is 3. The van der Waals surface area contributed by atoms with E-state index >= 15 is 0 Å². The fourth-order valence-corrected chi connectivity index (χ4v) is 10.6. The lowest BCUT2D eigenvalue weighted by Crippen LogP contribution is -2.66. The highest BCUT2D eigenvalue weighted by Gasteiger charge is 2.69. The van der Waals surface area contributed by atoms with Gasteiger partial charge in [0.15, 0.2) is 0 Å². The topological polar surface area (TPSA) is 60.7 Å². The van der Waals surface area contributed by atoms with Crippen molar-refractivity contribution in [2.75, 3.05) is 6.61 Å². The molecule has 188 valence electrons. The second-order valence-corrected chi connectivity index (χ2v) is 15.2. The number of aliphatic hydroxyl groups is 3. The lowest BCUT2D eigenvalue weighted by Gasteiger charge is -2.71. The first-order valence-electron chi connectivity index (χ1n) is 13.9.